The van der Waals surface area contributed by atoms with Crippen molar-refractivity contribution in [1.29, 1.82) is 0 Å². The highest BCUT2D eigenvalue weighted by atomic mass is 32.2. The molecule has 1 aromatic heterocycles. The average molecular weight is 382 g/mol. The Morgan fingerprint density at radius 3 is 2.27 bits per heavy atom. The predicted molar refractivity (Wildman–Crippen MR) is 96.7 cm³/mol. The lowest BCUT2D eigenvalue weighted by atomic mass is 10.3. The first kappa shape index (κ1) is 19.8. The van der Waals surface area contributed by atoms with Crippen LogP contribution in [0, 0.1) is 6.92 Å². The van der Waals surface area contributed by atoms with Crippen molar-refractivity contribution in [1.82, 2.24) is 9.29 Å². The zero-order valence-electron chi connectivity index (χ0n) is 15.1. The fourth-order valence-corrected chi connectivity index (χ4v) is 3.67. The summed E-state index contributed by atoms with van der Waals surface area (Å²) < 4.78 is 44.3. The van der Waals surface area contributed by atoms with Crippen LogP contribution in [0.15, 0.2) is 40.0 Å². The number of ether oxygens (including phenoxy) is 3. The largest absolute Gasteiger partial charge is 0.497 e. The molecule has 2 rings (SSSR count). The van der Waals surface area contributed by atoms with Crippen molar-refractivity contribution in [2.24, 2.45) is 0 Å². The van der Waals surface area contributed by atoms with Crippen LogP contribution in [-0.4, -0.2) is 40.9 Å². The second kappa shape index (κ2) is 8.24. The Morgan fingerprint density at radius 2 is 1.69 bits per heavy atom. The molecule has 2 aromatic rings. The Morgan fingerprint density at radius 1 is 1.00 bits per heavy atom. The highest BCUT2D eigenvalue weighted by Crippen LogP contribution is 2.27. The lowest BCUT2D eigenvalue weighted by Crippen LogP contribution is -2.31. The number of pyridine rings is 1. The molecule has 8 nitrogen and oxygen atoms in total. The van der Waals surface area contributed by atoms with Gasteiger partial charge < -0.3 is 18.8 Å². The summed E-state index contributed by atoms with van der Waals surface area (Å²) in [6.07, 6.45) is 0. The third-order valence-electron chi connectivity index (χ3n) is 3.83. The summed E-state index contributed by atoms with van der Waals surface area (Å²) in [5.41, 5.74) is 0.410. The van der Waals surface area contributed by atoms with Gasteiger partial charge >= 0.3 is 0 Å². The minimum absolute atomic E-state index is 0.0295. The Labute approximate surface area is 152 Å². The van der Waals surface area contributed by atoms with Gasteiger partial charge in [0, 0.05) is 30.9 Å². The van der Waals surface area contributed by atoms with Gasteiger partial charge in [-0.05, 0) is 25.1 Å². The van der Waals surface area contributed by atoms with Gasteiger partial charge in [0.15, 0.2) is 0 Å². The molecule has 0 radical (unpaired) electrons. The van der Waals surface area contributed by atoms with Crippen molar-refractivity contribution in [3.63, 3.8) is 0 Å². The third-order valence-corrected chi connectivity index (χ3v) is 5.31. The Hall–Kier alpha value is -2.52. The topological polar surface area (TPSA) is 95.9 Å². The van der Waals surface area contributed by atoms with E-state index in [1.54, 1.807) is 19.1 Å². The number of aromatic nitrogens is 1. The van der Waals surface area contributed by atoms with Gasteiger partial charge in [-0.15, -0.1) is 0 Å². The molecular weight excluding hydrogens is 360 g/mol. The molecule has 26 heavy (non-hydrogen) atoms. The Kier molecular flexibility index (Phi) is 6.27. The number of methoxy groups -OCH3 is 3. The molecule has 9 heteroatoms. The summed E-state index contributed by atoms with van der Waals surface area (Å²) in [6, 6.07) is 7.57. The first-order valence-corrected chi connectivity index (χ1v) is 9.28. The van der Waals surface area contributed by atoms with E-state index in [-0.39, 0.29) is 29.3 Å². The molecular formula is C17H22N2O6S. The SMILES string of the molecule is COc1ccc(OC)c(S(=O)(=O)NCCn2c(C)cc(OC)cc2=O)c1. The highest BCUT2D eigenvalue weighted by molar-refractivity contribution is 7.89. The molecule has 0 amide bonds. The van der Waals surface area contributed by atoms with Crippen molar-refractivity contribution in [2.45, 2.75) is 18.4 Å². The van der Waals surface area contributed by atoms with E-state index in [2.05, 4.69) is 4.72 Å². The number of hydrogen-bond donors (Lipinski definition) is 1. The number of sulfonamides is 1. The van der Waals surface area contributed by atoms with Crippen LogP contribution in [-0.2, 0) is 16.6 Å². The van der Waals surface area contributed by atoms with Crippen LogP contribution in [0.5, 0.6) is 17.2 Å². The lowest BCUT2D eigenvalue weighted by Gasteiger charge is -2.14. The first-order chi connectivity index (χ1) is 12.3. The van der Waals surface area contributed by atoms with Gasteiger partial charge in [-0.3, -0.25) is 4.79 Å². The maximum Gasteiger partial charge on any atom is 0.254 e. The summed E-state index contributed by atoms with van der Waals surface area (Å²) in [5.74, 6) is 1.06. The third kappa shape index (κ3) is 4.36. The summed E-state index contributed by atoms with van der Waals surface area (Å²) in [5, 5.41) is 0. The lowest BCUT2D eigenvalue weighted by molar-refractivity contribution is 0.392. The average Bonchev–Trinajstić information content (AvgIpc) is 2.63. The zero-order valence-corrected chi connectivity index (χ0v) is 15.9. The van der Waals surface area contributed by atoms with Crippen LogP contribution in [0.3, 0.4) is 0 Å². The van der Waals surface area contributed by atoms with Gasteiger partial charge in [0.05, 0.1) is 21.3 Å². The molecule has 0 saturated heterocycles. The molecule has 0 aliphatic rings. The quantitative estimate of drug-likeness (QED) is 0.736. The standard InChI is InChI=1S/C17H22N2O6S/c1-12-9-14(24-3)11-17(20)19(12)8-7-18-26(21,22)16-10-13(23-2)5-6-15(16)25-4/h5-6,9-11,18H,7-8H2,1-4H3. The number of benzene rings is 1. The van der Waals surface area contributed by atoms with Crippen molar-refractivity contribution in [3.05, 3.63) is 46.4 Å². The summed E-state index contributed by atoms with van der Waals surface area (Å²) in [6.45, 7) is 1.97. The van der Waals surface area contributed by atoms with Crippen LogP contribution in [0.25, 0.3) is 0 Å². The van der Waals surface area contributed by atoms with Gasteiger partial charge in [-0.1, -0.05) is 0 Å². The number of rotatable bonds is 8. The van der Waals surface area contributed by atoms with Gasteiger partial charge in [0.25, 0.3) is 5.56 Å². The van der Waals surface area contributed by atoms with E-state index in [0.717, 1.165) is 0 Å². The molecule has 0 spiro atoms. The highest BCUT2D eigenvalue weighted by Gasteiger charge is 2.20. The van der Waals surface area contributed by atoms with E-state index in [0.29, 0.717) is 17.2 Å². The minimum Gasteiger partial charge on any atom is -0.497 e. The summed E-state index contributed by atoms with van der Waals surface area (Å²) >= 11 is 0. The summed E-state index contributed by atoms with van der Waals surface area (Å²) in [4.78, 5) is 12.1. The second-order valence-electron chi connectivity index (χ2n) is 5.44. The summed E-state index contributed by atoms with van der Waals surface area (Å²) in [7, 11) is 0.480. The molecule has 0 bridgehead atoms. The van der Waals surface area contributed by atoms with E-state index >= 15 is 0 Å². The molecule has 0 atom stereocenters. The molecule has 1 N–H and O–H groups in total. The number of nitrogens with zero attached hydrogens (tertiary/aromatic N) is 1. The first-order valence-electron chi connectivity index (χ1n) is 7.79. The minimum atomic E-state index is -3.84. The van der Waals surface area contributed by atoms with Gasteiger partial charge in [-0.25, -0.2) is 13.1 Å². The maximum atomic E-state index is 12.6. The Bertz CT molecular complexity index is 937. The fraction of sp³-hybridized carbons (Fsp3) is 0.353. The van der Waals surface area contributed by atoms with Crippen LogP contribution >= 0.6 is 0 Å². The van der Waals surface area contributed by atoms with Gasteiger partial charge in [0.2, 0.25) is 10.0 Å². The molecule has 1 aromatic carbocycles. The van der Waals surface area contributed by atoms with Gasteiger partial charge in [-0.2, -0.15) is 0 Å². The molecule has 0 aliphatic heterocycles. The van der Waals surface area contributed by atoms with E-state index in [4.69, 9.17) is 14.2 Å². The zero-order chi connectivity index (χ0) is 19.3. The normalized spacial score (nSPS) is 11.2. The molecule has 0 fully saturated rings. The van der Waals surface area contributed by atoms with Crippen LogP contribution < -0.4 is 24.5 Å². The van der Waals surface area contributed by atoms with Crippen molar-refractivity contribution in [3.8, 4) is 17.2 Å². The van der Waals surface area contributed by atoms with E-state index in [1.165, 1.54) is 44.1 Å². The molecule has 0 aliphatic carbocycles. The van der Waals surface area contributed by atoms with Crippen molar-refractivity contribution < 1.29 is 22.6 Å². The smallest absolute Gasteiger partial charge is 0.254 e. The molecule has 0 unspecified atom stereocenters. The van der Waals surface area contributed by atoms with Gasteiger partial charge in [0.1, 0.15) is 22.1 Å². The van der Waals surface area contributed by atoms with Crippen LogP contribution in [0.2, 0.25) is 0 Å². The second-order valence-corrected chi connectivity index (χ2v) is 7.18. The Balaban J connectivity index is 2.18. The fourth-order valence-electron chi connectivity index (χ4n) is 2.47. The predicted octanol–water partition coefficient (Wildman–Crippen LogP) is 1.16. The van der Waals surface area contributed by atoms with Crippen LogP contribution in [0.4, 0.5) is 0 Å². The number of hydrogen-bond acceptors (Lipinski definition) is 6. The van der Waals surface area contributed by atoms with Crippen LogP contribution in [0.1, 0.15) is 5.69 Å². The van der Waals surface area contributed by atoms with E-state index in [9.17, 15) is 13.2 Å². The van der Waals surface area contributed by atoms with E-state index in [1.807, 2.05) is 0 Å². The number of aryl methyl sites for hydroxylation is 1. The monoisotopic (exact) mass is 382 g/mol. The molecule has 0 saturated carbocycles. The number of nitrogens with one attached hydrogen (secondary N) is 1. The molecule has 142 valence electrons. The van der Waals surface area contributed by atoms with Crippen molar-refractivity contribution in [2.75, 3.05) is 27.9 Å². The van der Waals surface area contributed by atoms with E-state index < -0.39 is 10.0 Å². The molecule has 1 heterocycles. The maximum absolute atomic E-state index is 12.6. The van der Waals surface area contributed by atoms with Crippen molar-refractivity contribution >= 4 is 10.0 Å².